The van der Waals surface area contributed by atoms with Crippen LogP contribution in [0.25, 0.3) is 0 Å². The van der Waals surface area contributed by atoms with Gasteiger partial charge in [-0.05, 0) is 30.2 Å². The van der Waals surface area contributed by atoms with Crippen LogP contribution in [0.5, 0.6) is 5.75 Å². The molecule has 0 amide bonds. The smallest absolute Gasteiger partial charge is 0.255 e. The first-order valence-corrected chi connectivity index (χ1v) is 12.0. The molecule has 2 heterocycles. The molecule has 4 aromatic rings. The minimum absolute atomic E-state index is 0.136. The van der Waals surface area contributed by atoms with Crippen molar-refractivity contribution in [1.29, 1.82) is 0 Å². The maximum absolute atomic E-state index is 12.5. The first-order valence-electron chi connectivity index (χ1n) is 10.8. The molecule has 0 radical (unpaired) electrons. The number of ether oxygens (including phenoxy) is 1. The fourth-order valence-corrected chi connectivity index (χ4v) is 4.16. The van der Waals surface area contributed by atoms with E-state index < -0.39 is 0 Å². The van der Waals surface area contributed by atoms with Crippen LogP contribution in [0, 0.1) is 6.92 Å². The summed E-state index contributed by atoms with van der Waals surface area (Å²) < 4.78 is 5.89. The van der Waals surface area contributed by atoms with Gasteiger partial charge in [0.1, 0.15) is 12.4 Å². The van der Waals surface area contributed by atoms with Gasteiger partial charge in [-0.1, -0.05) is 42.5 Å². The van der Waals surface area contributed by atoms with E-state index in [1.54, 1.807) is 24.3 Å². The van der Waals surface area contributed by atoms with Gasteiger partial charge in [0.25, 0.3) is 5.56 Å². The Labute approximate surface area is 197 Å². The molecular formula is C25H27N5O2S. The van der Waals surface area contributed by atoms with Crippen LogP contribution >= 0.6 is 11.8 Å². The molecule has 0 atom stereocenters. The van der Waals surface area contributed by atoms with Crippen molar-refractivity contribution in [3.05, 3.63) is 106 Å². The second-order valence-corrected chi connectivity index (χ2v) is 8.74. The maximum Gasteiger partial charge on any atom is 0.255 e. The van der Waals surface area contributed by atoms with Gasteiger partial charge in [-0.25, -0.2) is 9.97 Å². The van der Waals surface area contributed by atoms with Gasteiger partial charge in [0, 0.05) is 41.9 Å². The van der Waals surface area contributed by atoms with E-state index in [4.69, 9.17) is 4.74 Å². The molecule has 0 aliphatic rings. The fraction of sp³-hybridized carbons (Fsp3) is 0.240. The molecule has 7 nitrogen and oxygen atoms in total. The molecule has 0 fully saturated rings. The van der Waals surface area contributed by atoms with Gasteiger partial charge >= 0.3 is 0 Å². The van der Waals surface area contributed by atoms with Crippen molar-refractivity contribution >= 4 is 17.7 Å². The van der Waals surface area contributed by atoms with Gasteiger partial charge in [-0.3, -0.25) is 9.78 Å². The first-order chi connectivity index (χ1) is 16.2. The second kappa shape index (κ2) is 11.4. The Morgan fingerprint density at radius 2 is 1.91 bits per heavy atom. The molecule has 0 aliphatic carbocycles. The number of H-pyrrole nitrogens is 2. The van der Waals surface area contributed by atoms with Crippen LogP contribution in [0.15, 0.2) is 71.9 Å². The van der Waals surface area contributed by atoms with Crippen LogP contribution < -0.4 is 15.6 Å². The minimum atomic E-state index is -0.136. The van der Waals surface area contributed by atoms with E-state index in [0.29, 0.717) is 31.1 Å². The highest BCUT2D eigenvalue weighted by Crippen LogP contribution is 2.17. The van der Waals surface area contributed by atoms with E-state index >= 15 is 0 Å². The quantitative estimate of drug-likeness (QED) is 0.288. The molecule has 2 aromatic heterocycles. The third kappa shape index (κ3) is 6.73. The van der Waals surface area contributed by atoms with Crippen molar-refractivity contribution in [2.45, 2.75) is 25.7 Å². The zero-order valence-corrected chi connectivity index (χ0v) is 19.3. The highest BCUT2D eigenvalue weighted by atomic mass is 32.2. The van der Waals surface area contributed by atoms with E-state index in [2.05, 4.69) is 25.3 Å². The van der Waals surface area contributed by atoms with Crippen LogP contribution in [0.4, 0.5) is 5.95 Å². The monoisotopic (exact) mass is 461 g/mol. The number of aromatic nitrogens is 4. The van der Waals surface area contributed by atoms with Crippen LogP contribution in [0.1, 0.15) is 28.1 Å². The summed E-state index contributed by atoms with van der Waals surface area (Å²) in [5.74, 6) is 3.00. The number of nitrogens with one attached hydrogen (secondary N) is 3. The van der Waals surface area contributed by atoms with Gasteiger partial charge in [0.2, 0.25) is 5.95 Å². The number of hydrogen-bond acceptors (Lipinski definition) is 6. The highest BCUT2D eigenvalue weighted by molar-refractivity contribution is 7.98. The van der Waals surface area contributed by atoms with E-state index in [1.807, 2.05) is 61.5 Å². The molecule has 0 saturated heterocycles. The summed E-state index contributed by atoms with van der Waals surface area (Å²) in [6.45, 7) is 3.23. The molecule has 3 N–H and O–H groups in total. The lowest BCUT2D eigenvalue weighted by Crippen LogP contribution is -2.18. The van der Waals surface area contributed by atoms with Crippen LogP contribution in [-0.4, -0.2) is 32.2 Å². The topological polar surface area (TPSA) is 95.7 Å². The Morgan fingerprint density at radius 3 is 2.70 bits per heavy atom. The summed E-state index contributed by atoms with van der Waals surface area (Å²) in [4.78, 5) is 27.1. The predicted molar refractivity (Wildman–Crippen MR) is 133 cm³/mol. The lowest BCUT2D eigenvalue weighted by molar-refractivity contribution is 0.306. The normalized spacial score (nSPS) is 10.8. The van der Waals surface area contributed by atoms with Gasteiger partial charge < -0.3 is 15.0 Å². The maximum atomic E-state index is 12.5. The van der Waals surface area contributed by atoms with Crippen LogP contribution in [-0.2, 0) is 18.8 Å². The minimum Gasteiger partial charge on any atom is -0.489 e. The van der Waals surface area contributed by atoms with Gasteiger partial charge in [0.05, 0.1) is 12.0 Å². The van der Waals surface area contributed by atoms with Crippen LogP contribution in [0.3, 0.4) is 0 Å². The predicted octanol–water partition coefficient (Wildman–Crippen LogP) is 4.32. The van der Waals surface area contributed by atoms with E-state index in [1.165, 1.54) is 0 Å². The molecule has 0 saturated carbocycles. The zero-order valence-electron chi connectivity index (χ0n) is 18.5. The van der Waals surface area contributed by atoms with E-state index in [-0.39, 0.29) is 5.56 Å². The lowest BCUT2D eigenvalue weighted by atomic mass is 10.1. The van der Waals surface area contributed by atoms with Crippen molar-refractivity contribution in [2.75, 3.05) is 17.6 Å². The SMILES string of the molecule is Cc1[nH]cnc1CSCCNc1ncc(Cc2cccc(OCc3ccccc3)c2)c(=O)[nH]1. The second-order valence-electron chi connectivity index (χ2n) is 7.64. The Bertz CT molecular complexity index is 1220. The molecule has 33 heavy (non-hydrogen) atoms. The van der Waals surface area contributed by atoms with E-state index in [9.17, 15) is 4.79 Å². The number of rotatable bonds is 11. The van der Waals surface area contributed by atoms with Crippen molar-refractivity contribution in [3.8, 4) is 5.75 Å². The number of benzene rings is 2. The Hall–Kier alpha value is -3.52. The standard InChI is InChI=1S/C25H27N5O2S/c1-18-23(29-17-28-18)16-33-11-10-26-25-27-14-21(24(31)30-25)12-20-8-5-9-22(13-20)32-15-19-6-3-2-4-7-19/h2-9,13-14,17H,10-12,15-16H2,1H3,(H,28,29)(H2,26,27,30,31). The average molecular weight is 462 g/mol. The number of nitrogens with zero attached hydrogens (tertiary/aromatic N) is 2. The number of aryl methyl sites for hydroxylation is 1. The Morgan fingerprint density at radius 1 is 1.06 bits per heavy atom. The molecule has 170 valence electrons. The fourth-order valence-electron chi connectivity index (χ4n) is 3.29. The van der Waals surface area contributed by atoms with Crippen molar-refractivity contribution in [3.63, 3.8) is 0 Å². The molecule has 0 bridgehead atoms. The summed E-state index contributed by atoms with van der Waals surface area (Å²) in [7, 11) is 0. The van der Waals surface area contributed by atoms with Crippen molar-refractivity contribution < 1.29 is 4.74 Å². The zero-order chi connectivity index (χ0) is 22.9. The summed E-state index contributed by atoms with van der Waals surface area (Å²) in [6, 6.07) is 17.8. The highest BCUT2D eigenvalue weighted by Gasteiger charge is 2.06. The molecule has 8 heteroatoms. The van der Waals surface area contributed by atoms with Gasteiger partial charge in [-0.2, -0.15) is 11.8 Å². The molecule has 0 aliphatic heterocycles. The largest absolute Gasteiger partial charge is 0.489 e. The summed E-state index contributed by atoms with van der Waals surface area (Å²) in [5.41, 5.74) is 4.77. The average Bonchev–Trinajstić information content (AvgIpc) is 3.25. The Kier molecular flexibility index (Phi) is 7.81. The van der Waals surface area contributed by atoms with Crippen LogP contribution in [0.2, 0.25) is 0 Å². The summed E-state index contributed by atoms with van der Waals surface area (Å²) >= 11 is 1.78. The van der Waals surface area contributed by atoms with E-state index in [0.717, 1.165) is 39.8 Å². The van der Waals surface area contributed by atoms with Gasteiger partial charge in [-0.15, -0.1) is 0 Å². The molecular weight excluding hydrogens is 434 g/mol. The number of hydrogen-bond donors (Lipinski definition) is 3. The lowest BCUT2D eigenvalue weighted by Gasteiger charge is -2.09. The van der Waals surface area contributed by atoms with Crippen molar-refractivity contribution in [1.82, 2.24) is 19.9 Å². The summed E-state index contributed by atoms with van der Waals surface area (Å²) in [5, 5.41) is 3.18. The molecule has 0 unspecified atom stereocenters. The number of anilines is 1. The third-order valence-corrected chi connectivity index (χ3v) is 6.10. The molecule has 4 rings (SSSR count). The number of imidazole rings is 1. The number of thioether (sulfide) groups is 1. The van der Waals surface area contributed by atoms with Gasteiger partial charge in [0.15, 0.2) is 0 Å². The summed E-state index contributed by atoms with van der Waals surface area (Å²) in [6.07, 6.45) is 3.84. The third-order valence-electron chi connectivity index (χ3n) is 5.13. The number of aromatic amines is 2. The van der Waals surface area contributed by atoms with Crippen molar-refractivity contribution in [2.24, 2.45) is 0 Å². The Balaban J connectivity index is 1.26. The first kappa shape index (κ1) is 22.7. The molecule has 0 spiro atoms. The molecule has 2 aromatic carbocycles.